The van der Waals surface area contributed by atoms with Gasteiger partial charge >= 0.3 is 0 Å². The Labute approximate surface area is 153 Å². The number of rotatable bonds is 7. The highest BCUT2D eigenvalue weighted by atomic mass is 32.2. The molecule has 4 nitrogen and oxygen atoms in total. The Balaban J connectivity index is 1.42. The first-order valence-corrected chi connectivity index (χ1v) is 9.58. The average molecular weight is 356 g/mol. The molecule has 1 unspecified atom stereocenters. The van der Waals surface area contributed by atoms with Gasteiger partial charge in [-0.3, -0.25) is 4.79 Å². The third kappa shape index (κ3) is 4.77. The van der Waals surface area contributed by atoms with Crippen molar-refractivity contribution in [3.8, 4) is 0 Å². The molecule has 0 fully saturated rings. The van der Waals surface area contributed by atoms with E-state index in [9.17, 15) is 9.90 Å². The van der Waals surface area contributed by atoms with E-state index in [-0.39, 0.29) is 12.5 Å². The number of carbonyl (C=O) groups is 1. The maximum Gasteiger partial charge on any atom is 0.220 e. The number of fused-ring (bicyclic) bond motifs is 1. The minimum absolute atomic E-state index is 0.0247. The molecule has 132 valence electrons. The van der Waals surface area contributed by atoms with Gasteiger partial charge in [0.25, 0.3) is 0 Å². The molecule has 5 heteroatoms. The highest BCUT2D eigenvalue weighted by Gasteiger charge is 2.18. The van der Waals surface area contributed by atoms with Gasteiger partial charge in [-0.05, 0) is 35.7 Å². The molecule has 0 bridgehead atoms. The van der Waals surface area contributed by atoms with Crippen LogP contribution in [0.15, 0.2) is 53.4 Å². The molecule has 1 aliphatic heterocycles. The molecular weight excluding hydrogens is 332 g/mol. The lowest BCUT2D eigenvalue weighted by Gasteiger charge is -2.15. The van der Waals surface area contributed by atoms with Crippen molar-refractivity contribution in [2.24, 2.45) is 0 Å². The molecule has 1 heterocycles. The Hall–Kier alpha value is -1.98. The van der Waals surface area contributed by atoms with Crippen molar-refractivity contribution in [2.75, 3.05) is 30.8 Å². The van der Waals surface area contributed by atoms with Gasteiger partial charge in [-0.1, -0.05) is 30.3 Å². The number of aliphatic hydroxyl groups is 1. The zero-order valence-corrected chi connectivity index (χ0v) is 15.3. The lowest BCUT2D eigenvalue weighted by Crippen LogP contribution is -2.28. The van der Waals surface area contributed by atoms with Gasteiger partial charge in [0.05, 0.1) is 6.10 Å². The van der Waals surface area contributed by atoms with Gasteiger partial charge in [0.2, 0.25) is 5.91 Å². The molecule has 1 amide bonds. The molecule has 2 aromatic rings. The van der Waals surface area contributed by atoms with Crippen molar-refractivity contribution in [3.05, 3.63) is 59.7 Å². The van der Waals surface area contributed by atoms with E-state index in [1.165, 1.54) is 16.1 Å². The second-order valence-electron chi connectivity index (χ2n) is 6.29. The summed E-state index contributed by atoms with van der Waals surface area (Å²) >= 11 is 1.67. The number of nitrogens with one attached hydrogen (secondary N) is 1. The van der Waals surface area contributed by atoms with E-state index in [2.05, 4.69) is 29.4 Å². The van der Waals surface area contributed by atoms with E-state index in [4.69, 9.17) is 0 Å². The number of benzene rings is 2. The molecule has 1 aliphatic rings. The molecular formula is C20H24N2O2S. The van der Waals surface area contributed by atoms with E-state index in [1.807, 2.05) is 36.4 Å². The van der Waals surface area contributed by atoms with Gasteiger partial charge < -0.3 is 15.3 Å². The largest absolute Gasteiger partial charge is 0.387 e. The molecule has 3 rings (SSSR count). The summed E-state index contributed by atoms with van der Waals surface area (Å²) in [5.41, 5.74) is 3.37. The first-order valence-electron chi connectivity index (χ1n) is 8.60. The molecule has 0 saturated carbocycles. The fourth-order valence-electron chi connectivity index (χ4n) is 2.99. The molecule has 0 radical (unpaired) electrons. The standard InChI is InChI=1S/C20H24N2O2S/c1-22-11-9-15-13-16(7-8-18(15)22)19(23)14-21-20(24)10-12-25-17-5-3-2-4-6-17/h2-8,13,19,23H,9-12,14H2,1H3,(H,21,24). The predicted octanol–water partition coefficient (Wildman–Crippen LogP) is 3.01. The third-order valence-electron chi connectivity index (χ3n) is 4.45. The van der Waals surface area contributed by atoms with Crippen molar-refractivity contribution in [1.82, 2.24) is 5.32 Å². The number of aliphatic hydroxyl groups excluding tert-OH is 1. The number of anilines is 1. The Kier molecular flexibility index (Phi) is 6.00. The first-order chi connectivity index (χ1) is 12.1. The number of amides is 1. The van der Waals surface area contributed by atoms with Crippen LogP contribution in [0.25, 0.3) is 0 Å². The maximum absolute atomic E-state index is 12.0. The fraction of sp³-hybridized carbons (Fsp3) is 0.350. The van der Waals surface area contributed by atoms with Crippen LogP contribution >= 0.6 is 11.8 Å². The van der Waals surface area contributed by atoms with E-state index in [0.29, 0.717) is 6.42 Å². The van der Waals surface area contributed by atoms with E-state index in [0.717, 1.165) is 24.3 Å². The SMILES string of the molecule is CN1CCc2cc(C(O)CNC(=O)CCSc3ccccc3)ccc21. The van der Waals surface area contributed by atoms with Crippen molar-refractivity contribution in [3.63, 3.8) is 0 Å². The Morgan fingerprint density at radius 2 is 2.08 bits per heavy atom. The van der Waals surface area contributed by atoms with Gasteiger partial charge in [-0.2, -0.15) is 0 Å². The lowest BCUT2D eigenvalue weighted by atomic mass is 10.0. The summed E-state index contributed by atoms with van der Waals surface area (Å²) in [6.07, 6.45) is 0.790. The normalized spacial score (nSPS) is 14.2. The van der Waals surface area contributed by atoms with Gasteiger partial charge in [0.15, 0.2) is 0 Å². The molecule has 2 aromatic carbocycles. The van der Waals surface area contributed by atoms with Crippen LogP contribution in [0.5, 0.6) is 0 Å². The zero-order chi connectivity index (χ0) is 17.6. The summed E-state index contributed by atoms with van der Waals surface area (Å²) in [5.74, 6) is 0.709. The first kappa shape index (κ1) is 17.8. The van der Waals surface area contributed by atoms with Gasteiger partial charge in [-0.25, -0.2) is 0 Å². The number of carbonyl (C=O) groups excluding carboxylic acids is 1. The topological polar surface area (TPSA) is 52.6 Å². The highest BCUT2D eigenvalue weighted by Crippen LogP contribution is 2.29. The molecule has 0 aromatic heterocycles. The number of nitrogens with zero attached hydrogens (tertiary/aromatic N) is 1. The van der Waals surface area contributed by atoms with Crippen LogP contribution < -0.4 is 10.2 Å². The molecule has 0 spiro atoms. The second-order valence-corrected chi connectivity index (χ2v) is 7.46. The zero-order valence-electron chi connectivity index (χ0n) is 14.4. The maximum atomic E-state index is 12.0. The highest BCUT2D eigenvalue weighted by molar-refractivity contribution is 7.99. The van der Waals surface area contributed by atoms with Crippen LogP contribution in [0, 0.1) is 0 Å². The third-order valence-corrected chi connectivity index (χ3v) is 5.46. The van der Waals surface area contributed by atoms with Crippen molar-refractivity contribution in [2.45, 2.75) is 23.8 Å². The van der Waals surface area contributed by atoms with Crippen LogP contribution in [0.1, 0.15) is 23.7 Å². The van der Waals surface area contributed by atoms with Crippen molar-refractivity contribution < 1.29 is 9.90 Å². The van der Waals surface area contributed by atoms with Gasteiger partial charge in [0.1, 0.15) is 0 Å². The minimum Gasteiger partial charge on any atom is -0.387 e. The predicted molar refractivity (Wildman–Crippen MR) is 103 cm³/mol. The summed E-state index contributed by atoms with van der Waals surface area (Å²) < 4.78 is 0. The van der Waals surface area contributed by atoms with Crippen LogP contribution in [0.3, 0.4) is 0 Å². The quantitative estimate of drug-likeness (QED) is 0.749. The van der Waals surface area contributed by atoms with Gasteiger partial charge in [-0.15, -0.1) is 11.8 Å². The Bertz CT molecular complexity index is 721. The molecule has 25 heavy (non-hydrogen) atoms. The second kappa shape index (κ2) is 8.41. The van der Waals surface area contributed by atoms with Crippen LogP contribution in [-0.4, -0.2) is 36.9 Å². The van der Waals surface area contributed by atoms with E-state index in [1.54, 1.807) is 11.8 Å². The monoisotopic (exact) mass is 356 g/mol. The summed E-state index contributed by atoms with van der Waals surface area (Å²) in [4.78, 5) is 15.3. The van der Waals surface area contributed by atoms with Crippen molar-refractivity contribution >= 4 is 23.4 Å². The smallest absolute Gasteiger partial charge is 0.220 e. The van der Waals surface area contributed by atoms with Crippen LogP contribution in [-0.2, 0) is 11.2 Å². The summed E-state index contributed by atoms with van der Waals surface area (Å²) in [7, 11) is 2.08. The lowest BCUT2D eigenvalue weighted by molar-refractivity contribution is -0.121. The van der Waals surface area contributed by atoms with Crippen LogP contribution in [0.2, 0.25) is 0 Å². The molecule has 2 N–H and O–H groups in total. The van der Waals surface area contributed by atoms with Crippen LogP contribution in [0.4, 0.5) is 5.69 Å². The Morgan fingerprint density at radius 1 is 1.28 bits per heavy atom. The summed E-state index contributed by atoms with van der Waals surface area (Å²) in [6, 6.07) is 16.1. The summed E-state index contributed by atoms with van der Waals surface area (Å²) in [6.45, 7) is 1.27. The van der Waals surface area contributed by atoms with Crippen molar-refractivity contribution in [1.29, 1.82) is 0 Å². The molecule has 0 aliphatic carbocycles. The molecule has 1 atom stereocenters. The fourth-order valence-corrected chi connectivity index (χ4v) is 3.86. The van der Waals surface area contributed by atoms with E-state index < -0.39 is 6.10 Å². The van der Waals surface area contributed by atoms with Gasteiger partial charge in [0, 0.05) is 42.9 Å². The number of hydrogen-bond acceptors (Lipinski definition) is 4. The minimum atomic E-state index is -0.665. The summed E-state index contributed by atoms with van der Waals surface area (Å²) in [5, 5.41) is 13.2. The molecule has 0 saturated heterocycles. The number of likely N-dealkylation sites (N-methyl/N-ethyl adjacent to an activating group) is 1. The Morgan fingerprint density at radius 3 is 2.88 bits per heavy atom. The average Bonchev–Trinajstić information content (AvgIpc) is 3.01. The number of hydrogen-bond donors (Lipinski definition) is 2. The van der Waals surface area contributed by atoms with E-state index >= 15 is 0 Å². The number of thioether (sulfide) groups is 1.